The van der Waals surface area contributed by atoms with Gasteiger partial charge in [0.1, 0.15) is 12.4 Å². The second-order valence-corrected chi connectivity index (χ2v) is 8.73. The molecule has 152 valence electrons. The van der Waals surface area contributed by atoms with Crippen LogP contribution in [-0.2, 0) is 6.61 Å². The zero-order valence-electron chi connectivity index (χ0n) is 16.2. The van der Waals surface area contributed by atoms with Gasteiger partial charge in [-0.25, -0.2) is 0 Å². The summed E-state index contributed by atoms with van der Waals surface area (Å²) in [6.07, 6.45) is 1.85. The minimum Gasteiger partial charge on any atom is -0.489 e. The molecular weight excluding hydrogens is 474 g/mol. The molecule has 0 fully saturated rings. The van der Waals surface area contributed by atoms with E-state index >= 15 is 0 Å². The third-order valence-corrected chi connectivity index (χ3v) is 6.37. The Morgan fingerprint density at radius 1 is 0.968 bits per heavy atom. The van der Waals surface area contributed by atoms with E-state index in [1.807, 2.05) is 84.9 Å². The summed E-state index contributed by atoms with van der Waals surface area (Å²) < 4.78 is 8.66. The Morgan fingerprint density at radius 3 is 2.45 bits per heavy atom. The highest BCUT2D eigenvalue weighted by Gasteiger charge is 2.13. The van der Waals surface area contributed by atoms with Gasteiger partial charge in [-0.15, -0.1) is 5.10 Å². The van der Waals surface area contributed by atoms with Gasteiger partial charge in [-0.05, 0) is 41.5 Å². The van der Waals surface area contributed by atoms with E-state index in [-0.39, 0.29) is 5.56 Å². The van der Waals surface area contributed by atoms with Crippen LogP contribution >= 0.6 is 27.3 Å². The zero-order valence-corrected chi connectivity index (χ0v) is 18.6. The largest absolute Gasteiger partial charge is 0.489 e. The number of benzene rings is 3. The van der Waals surface area contributed by atoms with Crippen molar-refractivity contribution in [3.05, 3.63) is 109 Å². The van der Waals surface area contributed by atoms with E-state index in [9.17, 15) is 4.79 Å². The molecule has 0 aliphatic carbocycles. The Morgan fingerprint density at radius 2 is 1.71 bits per heavy atom. The zero-order chi connectivity index (χ0) is 21.2. The molecule has 0 aliphatic heterocycles. The highest BCUT2D eigenvalue weighted by Crippen LogP contribution is 2.25. The van der Waals surface area contributed by atoms with Crippen LogP contribution in [0, 0.1) is 0 Å². The molecule has 7 heteroatoms. The quantitative estimate of drug-likeness (QED) is 0.358. The maximum atomic E-state index is 12.8. The van der Waals surface area contributed by atoms with Crippen molar-refractivity contribution < 1.29 is 4.74 Å². The predicted octanol–water partition coefficient (Wildman–Crippen LogP) is 4.71. The van der Waals surface area contributed by atoms with Crippen LogP contribution < -0.4 is 14.8 Å². The lowest BCUT2D eigenvalue weighted by molar-refractivity contribution is 0.306. The van der Waals surface area contributed by atoms with Gasteiger partial charge >= 0.3 is 0 Å². The third kappa shape index (κ3) is 4.15. The summed E-state index contributed by atoms with van der Waals surface area (Å²) in [7, 11) is 0. The van der Waals surface area contributed by atoms with Gasteiger partial charge in [0.05, 0.1) is 4.53 Å². The van der Waals surface area contributed by atoms with Crippen LogP contribution in [0.4, 0.5) is 0 Å². The molecule has 5 nitrogen and oxygen atoms in total. The summed E-state index contributed by atoms with van der Waals surface area (Å²) in [6, 6.07) is 25.4. The van der Waals surface area contributed by atoms with Crippen molar-refractivity contribution in [2.45, 2.75) is 6.61 Å². The molecule has 5 aromatic rings. The van der Waals surface area contributed by atoms with Crippen molar-refractivity contribution in [1.82, 2.24) is 14.6 Å². The second kappa shape index (κ2) is 8.45. The fraction of sp³-hybridized carbons (Fsp3) is 0.0417. The minimum absolute atomic E-state index is 0.171. The monoisotopic (exact) mass is 489 g/mol. The standard InChI is InChI=1S/C24H16BrN3O2S/c25-20-9-5-4-8-19(20)22-26-24-28(27-22)23(29)21(31-24)14-16-10-12-18(13-11-16)30-15-17-6-2-1-3-7-17/h1-14H,15H2/b21-14-. The van der Waals surface area contributed by atoms with Crippen molar-refractivity contribution >= 4 is 38.3 Å². The summed E-state index contributed by atoms with van der Waals surface area (Å²) in [5, 5.41) is 4.41. The van der Waals surface area contributed by atoms with Crippen molar-refractivity contribution in [2.75, 3.05) is 0 Å². The smallest absolute Gasteiger partial charge is 0.291 e. The van der Waals surface area contributed by atoms with Crippen molar-refractivity contribution in [3.63, 3.8) is 0 Å². The van der Waals surface area contributed by atoms with Crippen LogP contribution in [0.1, 0.15) is 11.1 Å². The molecule has 3 aromatic carbocycles. The first-order valence-electron chi connectivity index (χ1n) is 9.60. The second-order valence-electron chi connectivity index (χ2n) is 6.87. The Balaban J connectivity index is 1.38. The Hall–Kier alpha value is -3.29. The molecule has 5 rings (SSSR count). The van der Waals surface area contributed by atoms with E-state index in [1.54, 1.807) is 0 Å². The van der Waals surface area contributed by atoms with Crippen LogP contribution in [-0.4, -0.2) is 14.6 Å². The predicted molar refractivity (Wildman–Crippen MR) is 126 cm³/mol. The molecule has 0 radical (unpaired) electrons. The molecule has 0 atom stereocenters. The van der Waals surface area contributed by atoms with Gasteiger partial charge in [0.25, 0.3) is 5.56 Å². The van der Waals surface area contributed by atoms with Gasteiger partial charge in [0.15, 0.2) is 5.82 Å². The first-order valence-corrected chi connectivity index (χ1v) is 11.2. The molecule has 0 aliphatic rings. The molecule has 0 unspecified atom stereocenters. The van der Waals surface area contributed by atoms with Gasteiger partial charge in [-0.3, -0.25) is 4.79 Å². The fourth-order valence-electron chi connectivity index (χ4n) is 3.14. The third-order valence-electron chi connectivity index (χ3n) is 4.72. The number of rotatable bonds is 5. The number of nitrogens with zero attached hydrogens (tertiary/aromatic N) is 3. The van der Waals surface area contributed by atoms with Crippen molar-refractivity contribution in [1.29, 1.82) is 0 Å². The molecular formula is C24H16BrN3O2S. The molecule has 0 spiro atoms. The number of hydrogen-bond donors (Lipinski definition) is 0. The van der Waals surface area contributed by atoms with Crippen LogP contribution in [0.2, 0.25) is 0 Å². The highest BCUT2D eigenvalue weighted by molar-refractivity contribution is 9.10. The number of fused-ring (bicyclic) bond motifs is 1. The van der Waals surface area contributed by atoms with Gasteiger partial charge in [0.2, 0.25) is 4.96 Å². The number of aromatic nitrogens is 3. The van der Waals surface area contributed by atoms with Gasteiger partial charge in [-0.2, -0.15) is 9.50 Å². The van der Waals surface area contributed by atoms with Gasteiger partial charge in [-0.1, -0.05) is 81.9 Å². The maximum absolute atomic E-state index is 12.8. The van der Waals surface area contributed by atoms with Crippen molar-refractivity contribution in [2.24, 2.45) is 0 Å². The van der Waals surface area contributed by atoms with Crippen molar-refractivity contribution in [3.8, 4) is 17.1 Å². The Labute approximate surface area is 190 Å². The average molecular weight is 490 g/mol. The highest BCUT2D eigenvalue weighted by atomic mass is 79.9. The lowest BCUT2D eigenvalue weighted by Gasteiger charge is -2.06. The summed E-state index contributed by atoms with van der Waals surface area (Å²) in [4.78, 5) is 17.9. The summed E-state index contributed by atoms with van der Waals surface area (Å²) in [6.45, 7) is 0.516. The average Bonchev–Trinajstić information content (AvgIpc) is 3.33. The topological polar surface area (TPSA) is 56.5 Å². The SMILES string of the molecule is O=c1/c(=C/c2ccc(OCc3ccccc3)cc2)sc2nc(-c3ccccc3Br)nn12. The molecule has 0 saturated carbocycles. The molecule has 31 heavy (non-hydrogen) atoms. The van der Waals surface area contributed by atoms with Gasteiger partial charge < -0.3 is 4.74 Å². The fourth-order valence-corrected chi connectivity index (χ4v) is 4.51. The molecule has 0 saturated heterocycles. The Kier molecular flexibility index (Phi) is 5.36. The van der Waals surface area contributed by atoms with Gasteiger partial charge in [0, 0.05) is 10.0 Å². The summed E-state index contributed by atoms with van der Waals surface area (Å²) in [5.41, 5.74) is 2.72. The molecule has 0 N–H and O–H groups in total. The maximum Gasteiger partial charge on any atom is 0.291 e. The van der Waals surface area contributed by atoms with E-state index in [0.717, 1.165) is 26.9 Å². The normalized spacial score (nSPS) is 11.8. The van der Waals surface area contributed by atoms with E-state index < -0.39 is 0 Å². The van der Waals surface area contributed by atoms with Crippen LogP contribution in [0.5, 0.6) is 5.75 Å². The Bertz CT molecular complexity index is 1460. The molecule has 2 aromatic heterocycles. The van der Waals surface area contributed by atoms with Crippen LogP contribution in [0.3, 0.4) is 0 Å². The van der Waals surface area contributed by atoms with Crippen LogP contribution in [0.25, 0.3) is 22.4 Å². The van der Waals surface area contributed by atoms with E-state index in [1.165, 1.54) is 15.9 Å². The minimum atomic E-state index is -0.171. The number of hydrogen-bond acceptors (Lipinski definition) is 5. The van der Waals surface area contributed by atoms with E-state index in [0.29, 0.717) is 21.9 Å². The summed E-state index contributed by atoms with van der Waals surface area (Å²) in [5.74, 6) is 1.31. The van der Waals surface area contributed by atoms with E-state index in [2.05, 4.69) is 26.0 Å². The molecule has 0 bridgehead atoms. The molecule has 0 amide bonds. The number of ether oxygens (including phenoxy) is 1. The first-order chi connectivity index (χ1) is 15.2. The lowest BCUT2D eigenvalue weighted by atomic mass is 10.2. The first kappa shape index (κ1) is 19.7. The lowest BCUT2D eigenvalue weighted by Crippen LogP contribution is -2.23. The summed E-state index contributed by atoms with van der Waals surface area (Å²) >= 11 is 4.83. The van der Waals surface area contributed by atoms with Crippen LogP contribution in [0.15, 0.2) is 88.1 Å². The van der Waals surface area contributed by atoms with E-state index in [4.69, 9.17) is 4.74 Å². The number of halogens is 1. The molecule has 2 heterocycles. The number of thiazole rings is 1.